The van der Waals surface area contributed by atoms with Crippen LogP contribution in [0.3, 0.4) is 0 Å². The van der Waals surface area contributed by atoms with Gasteiger partial charge in [-0.3, -0.25) is 4.79 Å². The number of hydrogen-bond acceptors (Lipinski definition) is 5. The van der Waals surface area contributed by atoms with E-state index in [1.807, 2.05) is 25.1 Å². The maximum atomic E-state index is 12.0. The van der Waals surface area contributed by atoms with Crippen molar-refractivity contribution >= 4 is 22.4 Å². The van der Waals surface area contributed by atoms with Gasteiger partial charge in [0.05, 0.1) is 0 Å². The Balaban J connectivity index is 2.08. The second-order valence-electron chi connectivity index (χ2n) is 4.10. The highest BCUT2D eigenvalue weighted by Gasteiger charge is 2.16. The van der Waals surface area contributed by atoms with E-state index in [9.17, 15) is 4.79 Å². The molecule has 0 saturated heterocycles. The van der Waals surface area contributed by atoms with Gasteiger partial charge < -0.3 is 10.6 Å². The highest BCUT2D eigenvalue weighted by molar-refractivity contribution is 7.16. The third-order valence-corrected chi connectivity index (χ3v) is 3.21. The van der Waals surface area contributed by atoms with E-state index in [1.165, 1.54) is 5.56 Å². The van der Waals surface area contributed by atoms with Gasteiger partial charge in [0.1, 0.15) is 0 Å². The Bertz CT molecular complexity index is 567. The minimum Gasteiger partial charge on any atom is -0.374 e. The molecule has 0 aliphatic carbocycles. The molecule has 6 heteroatoms. The van der Waals surface area contributed by atoms with Gasteiger partial charge in [-0.25, -0.2) is 0 Å². The van der Waals surface area contributed by atoms with Crippen LogP contribution < -0.4 is 5.73 Å². The van der Waals surface area contributed by atoms with E-state index in [2.05, 4.69) is 16.3 Å². The summed E-state index contributed by atoms with van der Waals surface area (Å²) in [5, 5.41) is 8.02. The summed E-state index contributed by atoms with van der Waals surface area (Å²) in [6.45, 7) is 2.57. The number of rotatable bonds is 3. The van der Waals surface area contributed by atoms with Crippen molar-refractivity contribution in [1.82, 2.24) is 15.1 Å². The summed E-state index contributed by atoms with van der Waals surface area (Å²) in [5.74, 6) is -0.161. The third kappa shape index (κ3) is 2.84. The number of aryl methyl sites for hydroxylation is 1. The fraction of sp³-hybridized carbons (Fsp3) is 0.250. The number of nitrogens with two attached hydrogens (primary N) is 1. The topological polar surface area (TPSA) is 72.1 Å². The van der Waals surface area contributed by atoms with Crippen molar-refractivity contribution < 1.29 is 4.79 Å². The van der Waals surface area contributed by atoms with Crippen molar-refractivity contribution in [2.24, 2.45) is 0 Å². The zero-order valence-corrected chi connectivity index (χ0v) is 11.1. The lowest BCUT2D eigenvalue weighted by molar-refractivity contribution is 0.0784. The average Bonchev–Trinajstić information content (AvgIpc) is 2.75. The number of aromatic nitrogens is 2. The summed E-state index contributed by atoms with van der Waals surface area (Å²) in [5.41, 5.74) is 7.72. The van der Waals surface area contributed by atoms with Crippen LogP contribution in [0.25, 0.3) is 0 Å². The molecule has 1 amide bonds. The van der Waals surface area contributed by atoms with Crippen LogP contribution >= 0.6 is 11.3 Å². The minimum absolute atomic E-state index is 0.161. The number of nitrogens with zero attached hydrogens (tertiary/aromatic N) is 3. The van der Waals surface area contributed by atoms with Crippen LogP contribution in [0.2, 0.25) is 0 Å². The Morgan fingerprint density at radius 1 is 1.44 bits per heavy atom. The molecule has 0 saturated carbocycles. The van der Waals surface area contributed by atoms with E-state index in [-0.39, 0.29) is 5.91 Å². The van der Waals surface area contributed by atoms with Gasteiger partial charge in [0.2, 0.25) is 10.1 Å². The number of amides is 1. The van der Waals surface area contributed by atoms with E-state index < -0.39 is 0 Å². The summed E-state index contributed by atoms with van der Waals surface area (Å²) < 4.78 is 0. The Morgan fingerprint density at radius 2 is 2.22 bits per heavy atom. The molecule has 1 aromatic heterocycles. The molecule has 18 heavy (non-hydrogen) atoms. The number of carbonyl (C=O) groups is 1. The predicted molar refractivity (Wildman–Crippen MR) is 71.3 cm³/mol. The quantitative estimate of drug-likeness (QED) is 0.913. The standard InChI is InChI=1S/C12H14N4OS/c1-8-4-3-5-9(6-8)7-16(2)11(17)10-14-15-12(13)18-10/h3-6H,7H2,1-2H3,(H2,13,15). The molecule has 0 aliphatic rings. The molecule has 1 aromatic carbocycles. The lowest BCUT2D eigenvalue weighted by Crippen LogP contribution is -2.26. The van der Waals surface area contributed by atoms with Crippen molar-refractivity contribution in [2.45, 2.75) is 13.5 Å². The zero-order chi connectivity index (χ0) is 13.1. The molecule has 0 bridgehead atoms. The third-order valence-electron chi connectivity index (χ3n) is 2.47. The average molecular weight is 262 g/mol. The monoisotopic (exact) mass is 262 g/mol. The fourth-order valence-corrected chi connectivity index (χ4v) is 2.24. The smallest absolute Gasteiger partial charge is 0.284 e. The normalized spacial score (nSPS) is 10.3. The van der Waals surface area contributed by atoms with Crippen LogP contribution in [0.4, 0.5) is 5.13 Å². The van der Waals surface area contributed by atoms with E-state index in [1.54, 1.807) is 11.9 Å². The molecule has 0 unspecified atom stereocenters. The minimum atomic E-state index is -0.161. The number of carbonyl (C=O) groups excluding carboxylic acids is 1. The first-order valence-corrected chi connectivity index (χ1v) is 6.28. The molecule has 94 valence electrons. The Kier molecular flexibility index (Phi) is 3.57. The van der Waals surface area contributed by atoms with Gasteiger partial charge in [0, 0.05) is 13.6 Å². The van der Waals surface area contributed by atoms with Crippen LogP contribution in [0, 0.1) is 6.92 Å². The lowest BCUT2D eigenvalue weighted by Gasteiger charge is -2.15. The van der Waals surface area contributed by atoms with Crippen molar-refractivity contribution in [3.63, 3.8) is 0 Å². The molecular weight excluding hydrogens is 248 g/mol. The second kappa shape index (κ2) is 5.14. The van der Waals surface area contributed by atoms with Gasteiger partial charge in [0.15, 0.2) is 0 Å². The molecule has 0 radical (unpaired) electrons. The first kappa shape index (κ1) is 12.5. The summed E-state index contributed by atoms with van der Waals surface area (Å²) in [7, 11) is 1.74. The predicted octanol–water partition coefficient (Wildman–Crippen LogP) is 1.70. The summed E-state index contributed by atoms with van der Waals surface area (Å²) in [6, 6.07) is 8.05. The van der Waals surface area contributed by atoms with E-state index in [4.69, 9.17) is 5.73 Å². The first-order chi connectivity index (χ1) is 8.56. The SMILES string of the molecule is Cc1cccc(CN(C)C(=O)c2nnc(N)s2)c1. The highest BCUT2D eigenvalue weighted by Crippen LogP contribution is 2.14. The van der Waals surface area contributed by atoms with E-state index in [0.29, 0.717) is 16.7 Å². The zero-order valence-electron chi connectivity index (χ0n) is 10.3. The Morgan fingerprint density at radius 3 is 2.83 bits per heavy atom. The summed E-state index contributed by atoms with van der Waals surface area (Å²) >= 11 is 1.10. The van der Waals surface area contributed by atoms with Crippen LogP contribution in [0.1, 0.15) is 20.9 Å². The second-order valence-corrected chi connectivity index (χ2v) is 5.10. The first-order valence-electron chi connectivity index (χ1n) is 5.46. The van der Waals surface area contributed by atoms with Gasteiger partial charge in [-0.05, 0) is 12.5 Å². The molecule has 0 aliphatic heterocycles. The highest BCUT2D eigenvalue weighted by atomic mass is 32.1. The maximum absolute atomic E-state index is 12.0. The molecule has 0 atom stereocenters. The number of anilines is 1. The van der Waals surface area contributed by atoms with Crippen LogP contribution in [-0.2, 0) is 6.54 Å². The van der Waals surface area contributed by atoms with Crippen molar-refractivity contribution in [1.29, 1.82) is 0 Å². The molecule has 2 aromatic rings. The van der Waals surface area contributed by atoms with Crippen molar-refractivity contribution in [2.75, 3.05) is 12.8 Å². The van der Waals surface area contributed by atoms with E-state index >= 15 is 0 Å². The van der Waals surface area contributed by atoms with Gasteiger partial charge in [-0.1, -0.05) is 41.2 Å². The molecule has 1 heterocycles. The summed E-state index contributed by atoms with van der Waals surface area (Å²) in [6.07, 6.45) is 0. The van der Waals surface area contributed by atoms with Gasteiger partial charge in [-0.15, -0.1) is 10.2 Å². The molecule has 2 N–H and O–H groups in total. The number of hydrogen-bond donors (Lipinski definition) is 1. The Labute approximate surface area is 109 Å². The van der Waals surface area contributed by atoms with Crippen LogP contribution in [-0.4, -0.2) is 28.1 Å². The molecule has 0 fully saturated rings. The Hall–Kier alpha value is -1.95. The number of benzene rings is 1. The summed E-state index contributed by atoms with van der Waals surface area (Å²) in [4.78, 5) is 13.6. The lowest BCUT2D eigenvalue weighted by atomic mass is 10.1. The van der Waals surface area contributed by atoms with Crippen molar-refractivity contribution in [3.8, 4) is 0 Å². The van der Waals surface area contributed by atoms with Crippen molar-refractivity contribution in [3.05, 3.63) is 40.4 Å². The molecule has 2 rings (SSSR count). The van der Waals surface area contributed by atoms with Gasteiger partial charge >= 0.3 is 0 Å². The number of nitrogen functional groups attached to an aromatic ring is 1. The molecule has 0 spiro atoms. The fourth-order valence-electron chi connectivity index (χ4n) is 1.64. The molecule has 5 nitrogen and oxygen atoms in total. The molecular formula is C12H14N4OS. The van der Waals surface area contributed by atoms with E-state index in [0.717, 1.165) is 16.9 Å². The van der Waals surface area contributed by atoms with Crippen LogP contribution in [0.5, 0.6) is 0 Å². The maximum Gasteiger partial charge on any atom is 0.284 e. The largest absolute Gasteiger partial charge is 0.374 e. The van der Waals surface area contributed by atoms with Gasteiger partial charge in [0.25, 0.3) is 5.91 Å². The van der Waals surface area contributed by atoms with Crippen LogP contribution in [0.15, 0.2) is 24.3 Å². The van der Waals surface area contributed by atoms with Gasteiger partial charge in [-0.2, -0.15) is 0 Å².